The van der Waals surface area contributed by atoms with Crippen molar-refractivity contribution < 1.29 is 37.0 Å². The van der Waals surface area contributed by atoms with Crippen LogP contribution >= 0.6 is 23.4 Å². The highest BCUT2D eigenvalue weighted by Crippen LogP contribution is 2.36. The molecule has 1 N–H and O–H groups in total. The zero-order valence-corrected chi connectivity index (χ0v) is 23.2. The van der Waals surface area contributed by atoms with E-state index in [9.17, 15) is 27.6 Å². The van der Waals surface area contributed by atoms with Gasteiger partial charge >= 0.3 is 12.3 Å². The molecule has 0 spiro atoms. The largest absolute Gasteiger partial charge is 0.453 e. The molecular weight excluding hydrogens is 585 g/mol. The van der Waals surface area contributed by atoms with Gasteiger partial charge in [-0.05, 0) is 66.1 Å². The number of benzene rings is 2. The minimum absolute atomic E-state index is 0.0110. The molecule has 3 heterocycles. The summed E-state index contributed by atoms with van der Waals surface area (Å²) in [7, 11) is 1.24. The third kappa shape index (κ3) is 6.21. The van der Waals surface area contributed by atoms with Gasteiger partial charge in [0.1, 0.15) is 0 Å². The first kappa shape index (κ1) is 29.0. The fourth-order valence-electron chi connectivity index (χ4n) is 4.88. The topological polar surface area (TPSA) is 103 Å². The molecule has 0 bridgehead atoms. The number of amides is 3. The lowest BCUT2D eigenvalue weighted by Crippen LogP contribution is -2.59. The maximum Gasteiger partial charge on any atom is 0.416 e. The zero-order chi connectivity index (χ0) is 29.4. The van der Waals surface area contributed by atoms with Crippen LogP contribution < -0.4 is 5.32 Å². The number of nitrogens with one attached hydrogen (secondary N) is 1. The maximum atomic E-state index is 13.5. The molecule has 3 aromatic rings. The van der Waals surface area contributed by atoms with Gasteiger partial charge < -0.3 is 14.8 Å². The van der Waals surface area contributed by atoms with E-state index in [1.54, 1.807) is 24.3 Å². The van der Waals surface area contributed by atoms with E-state index in [2.05, 4.69) is 10.4 Å². The van der Waals surface area contributed by atoms with Crippen LogP contribution in [0.2, 0.25) is 5.02 Å². The lowest BCUT2D eigenvalue weighted by molar-refractivity contribution is -0.138. The van der Waals surface area contributed by atoms with E-state index < -0.39 is 34.5 Å². The number of carbonyl (C=O) groups is 3. The van der Waals surface area contributed by atoms with Gasteiger partial charge in [-0.15, -0.1) is 0 Å². The number of alkyl halides is 3. The van der Waals surface area contributed by atoms with Crippen molar-refractivity contribution in [2.75, 3.05) is 26.9 Å². The number of alkyl carbamates (subject to hydrolysis) is 1. The second-order valence-corrected chi connectivity index (χ2v) is 11.1. The van der Waals surface area contributed by atoms with Crippen LogP contribution in [0.5, 0.6) is 0 Å². The Kier molecular flexibility index (Phi) is 8.04. The summed E-state index contributed by atoms with van der Waals surface area (Å²) in [4.78, 5) is 39.3. The van der Waals surface area contributed by atoms with Gasteiger partial charge in [0.05, 0.1) is 47.9 Å². The Morgan fingerprint density at radius 1 is 1.22 bits per heavy atom. The molecule has 14 heteroatoms. The Labute approximate surface area is 241 Å². The van der Waals surface area contributed by atoms with Crippen LogP contribution in [-0.2, 0) is 27.0 Å². The van der Waals surface area contributed by atoms with E-state index in [-0.39, 0.29) is 28.6 Å². The van der Waals surface area contributed by atoms with Crippen molar-refractivity contribution in [3.05, 3.63) is 69.2 Å². The highest BCUT2D eigenvalue weighted by atomic mass is 35.5. The Morgan fingerprint density at radius 2 is 1.98 bits per heavy atom. The summed E-state index contributed by atoms with van der Waals surface area (Å²) in [6.07, 6.45) is -1.32. The SMILES string of the molecule is COC(=O)NC1(CN2C(=O)S/C(=C\c3ccc4c(cnn4Cc4ccc(Cl)cc4C(F)(F)F)c3)C2=O)CCOCC1. The van der Waals surface area contributed by atoms with Gasteiger partial charge in [-0.1, -0.05) is 23.7 Å². The Balaban J connectivity index is 1.36. The molecule has 0 unspecified atom stereocenters. The standard InChI is InChI=1S/C27H24ClF3N4O5S/c1-39-24(37)33-26(6-8-40-9-7-26)15-34-23(36)22(41-25(34)38)11-16-2-5-21-18(10-16)13-32-35(21)14-17-3-4-19(28)12-20(17)27(29,30)31/h2-5,10-13H,6-9,14-15H2,1H3,(H,33,37)/b22-11-. The van der Waals surface area contributed by atoms with Crippen LogP contribution in [0.15, 0.2) is 47.5 Å². The van der Waals surface area contributed by atoms with Crippen molar-refractivity contribution in [1.29, 1.82) is 0 Å². The number of thioether (sulfide) groups is 1. The highest BCUT2D eigenvalue weighted by molar-refractivity contribution is 8.18. The molecule has 1 aromatic heterocycles. The van der Waals surface area contributed by atoms with Crippen LogP contribution in [0.25, 0.3) is 17.0 Å². The molecule has 41 heavy (non-hydrogen) atoms. The van der Waals surface area contributed by atoms with E-state index in [0.717, 1.165) is 22.7 Å². The van der Waals surface area contributed by atoms with Gasteiger partial charge in [-0.2, -0.15) is 18.3 Å². The molecule has 2 saturated heterocycles. The molecule has 216 valence electrons. The Morgan fingerprint density at radius 3 is 2.68 bits per heavy atom. The first-order chi connectivity index (χ1) is 19.5. The number of imide groups is 1. The molecule has 0 saturated carbocycles. The van der Waals surface area contributed by atoms with Gasteiger partial charge in [-0.25, -0.2) is 4.79 Å². The summed E-state index contributed by atoms with van der Waals surface area (Å²) in [6, 6.07) is 8.74. The lowest BCUT2D eigenvalue weighted by Gasteiger charge is -2.39. The number of ether oxygens (including phenoxy) is 2. The molecule has 2 fully saturated rings. The summed E-state index contributed by atoms with van der Waals surface area (Å²) < 4.78 is 52.2. The Hall–Kier alpha value is -3.55. The Bertz CT molecular complexity index is 1550. The molecule has 2 aromatic carbocycles. The summed E-state index contributed by atoms with van der Waals surface area (Å²) in [5.74, 6) is -0.490. The van der Waals surface area contributed by atoms with Gasteiger partial charge in [-0.3, -0.25) is 19.2 Å². The number of halogens is 4. The van der Waals surface area contributed by atoms with Crippen molar-refractivity contribution in [1.82, 2.24) is 20.0 Å². The molecule has 0 aliphatic carbocycles. The summed E-state index contributed by atoms with van der Waals surface area (Å²) in [6.45, 7) is 0.572. The van der Waals surface area contributed by atoms with Gasteiger partial charge in [0.2, 0.25) is 0 Å². The quantitative estimate of drug-likeness (QED) is 0.358. The van der Waals surface area contributed by atoms with Crippen LogP contribution in [-0.4, -0.2) is 64.3 Å². The predicted octanol–water partition coefficient (Wildman–Crippen LogP) is 5.70. The molecule has 2 aliphatic heterocycles. The minimum Gasteiger partial charge on any atom is -0.453 e. The third-order valence-corrected chi connectivity index (χ3v) is 8.14. The normalized spacial score (nSPS) is 18.4. The average Bonchev–Trinajstić information content (AvgIpc) is 3.44. The summed E-state index contributed by atoms with van der Waals surface area (Å²) >= 11 is 6.58. The number of nitrogens with zero attached hydrogens (tertiary/aromatic N) is 3. The van der Waals surface area contributed by atoms with Crippen molar-refractivity contribution in [3.63, 3.8) is 0 Å². The second-order valence-electron chi connectivity index (χ2n) is 9.70. The summed E-state index contributed by atoms with van der Waals surface area (Å²) in [5.41, 5.74) is -0.470. The molecule has 9 nitrogen and oxygen atoms in total. The fourth-order valence-corrected chi connectivity index (χ4v) is 5.89. The predicted molar refractivity (Wildman–Crippen MR) is 146 cm³/mol. The number of carbonyl (C=O) groups excluding carboxylic acids is 3. The highest BCUT2D eigenvalue weighted by Gasteiger charge is 2.43. The molecule has 3 amide bonds. The van der Waals surface area contributed by atoms with Crippen molar-refractivity contribution >= 4 is 57.6 Å². The average molecular weight is 609 g/mol. The van der Waals surface area contributed by atoms with Crippen molar-refractivity contribution in [3.8, 4) is 0 Å². The van der Waals surface area contributed by atoms with E-state index in [0.29, 0.717) is 42.5 Å². The number of rotatable bonds is 6. The lowest BCUT2D eigenvalue weighted by atomic mass is 9.89. The molecule has 2 aliphatic rings. The number of methoxy groups -OCH3 is 1. The first-order valence-electron chi connectivity index (χ1n) is 12.5. The minimum atomic E-state index is -4.57. The number of fused-ring (bicyclic) bond motifs is 1. The van der Waals surface area contributed by atoms with E-state index in [1.165, 1.54) is 30.1 Å². The number of hydrogen-bond acceptors (Lipinski definition) is 7. The smallest absolute Gasteiger partial charge is 0.416 e. The maximum absolute atomic E-state index is 13.5. The van der Waals surface area contributed by atoms with Crippen molar-refractivity contribution in [2.24, 2.45) is 0 Å². The fraction of sp³-hybridized carbons (Fsp3) is 0.333. The number of aromatic nitrogens is 2. The third-order valence-electron chi connectivity index (χ3n) is 7.00. The van der Waals surface area contributed by atoms with Crippen LogP contribution in [0, 0.1) is 0 Å². The van der Waals surface area contributed by atoms with Crippen LogP contribution in [0.1, 0.15) is 29.5 Å². The van der Waals surface area contributed by atoms with Crippen LogP contribution in [0.4, 0.5) is 22.8 Å². The number of hydrogen-bond donors (Lipinski definition) is 1. The molecular formula is C27H24ClF3N4O5S. The molecule has 5 rings (SSSR count). The van der Waals surface area contributed by atoms with E-state index in [4.69, 9.17) is 21.1 Å². The molecule has 0 atom stereocenters. The van der Waals surface area contributed by atoms with Gasteiger partial charge in [0, 0.05) is 23.6 Å². The second kappa shape index (κ2) is 11.4. The van der Waals surface area contributed by atoms with Gasteiger partial charge in [0.25, 0.3) is 11.1 Å². The van der Waals surface area contributed by atoms with Crippen LogP contribution in [0.3, 0.4) is 0 Å². The van der Waals surface area contributed by atoms with E-state index in [1.807, 2.05) is 0 Å². The van der Waals surface area contributed by atoms with Crippen molar-refractivity contribution in [2.45, 2.75) is 31.1 Å². The van der Waals surface area contributed by atoms with E-state index >= 15 is 0 Å². The van der Waals surface area contributed by atoms with Gasteiger partial charge in [0.15, 0.2) is 0 Å². The molecule has 0 radical (unpaired) electrons. The zero-order valence-electron chi connectivity index (χ0n) is 21.7. The first-order valence-corrected chi connectivity index (χ1v) is 13.7. The summed E-state index contributed by atoms with van der Waals surface area (Å²) in [5, 5.41) is 7.20. The monoisotopic (exact) mass is 608 g/mol.